The maximum absolute atomic E-state index is 12.2. The average Bonchev–Trinajstić information content (AvgIpc) is 2.28. The van der Waals surface area contributed by atoms with Gasteiger partial charge in [-0.05, 0) is 44.4 Å². The molecule has 1 saturated carbocycles. The molecule has 0 unspecified atom stereocenters. The van der Waals surface area contributed by atoms with E-state index in [0.29, 0.717) is 23.8 Å². The molecule has 0 atom stereocenters. The summed E-state index contributed by atoms with van der Waals surface area (Å²) in [6, 6.07) is 0.374. The van der Waals surface area contributed by atoms with Gasteiger partial charge in [-0.15, -0.1) is 0 Å². The molecule has 0 heterocycles. The van der Waals surface area contributed by atoms with Gasteiger partial charge in [-0.1, -0.05) is 13.8 Å². The Labute approximate surface area is 106 Å². The SMILES string of the molecule is CCN(CC(C)C)C(=O)CC1CCC(N)CC1. The standard InChI is InChI=1S/C14H28N2O/c1-4-16(10-11(2)3)14(17)9-12-5-7-13(15)8-6-12/h11-13H,4-10,15H2,1-3H3. The highest BCUT2D eigenvalue weighted by Crippen LogP contribution is 2.26. The third kappa shape index (κ3) is 5.07. The number of hydrogen-bond donors (Lipinski definition) is 1. The van der Waals surface area contributed by atoms with Crippen LogP contribution in [0.4, 0.5) is 0 Å². The molecule has 0 bridgehead atoms. The van der Waals surface area contributed by atoms with Crippen molar-refractivity contribution < 1.29 is 4.79 Å². The molecule has 0 aromatic carbocycles. The molecule has 0 aromatic heterocycles. The Balaban J connectivity index is 2.36. The Hall–Kier alpha value is -0.570. The van der Waals surface area contributed by atoms with Gasteiger partial charge in [-0.25, -0.2) is 0 Å². The number of rotatable bonds is 5. The van der Waals surface area contributed by atoms with Gasteiger partial charge in [0.05, 0.1) is 0 Å². The van der Waals surface area contributed by atoms with Crippen LogP contribution < -0.4 is 5.73 Å². The van der Waals surface area contributed by atoms with Gasteiger partial charge < -0.3 is 10.6 Å². The molecule has 2 N–H and O–H groups in total. The first-order chi connectivity index (χ1) is 8.02. The summed E-state index contributed by atoms with van der Waals surface area (Å²) >= 11 is 0. The van der Waals surface area contributed by atoms with Crippen molar-refractivity contribution in [2.24, 2.45) is 17.6 Å². The van der Waals surface area contributed by atoms with E-state index in [1.54, 1.807) is 0 Å². The number of nitrogens with two attached hydrogens (primary N) is 1. The molecule has 3 heteroatoms. The van der Waals surface area contributed by atoms with E-state index in [1.165, 1.54) is 0 Å². The highest BCUT2D eigenvalue weighted by molar-refractivity contribution is 5.76. The van der Waals surface area contributed by atoms with Gasteiger partial charge >= 0.3 is 0 Å². The monoisotopic (exact) mass is 240 g/mol. The molecule has 3 nitrogen and oxygen atoms in total. The Kier molecular flexibility index (Phi) is 5.96. The second kappa shape index (κ2) is 7.00. The topological polar surface area (TPSA) is 46.3 Å². The van der Waals surface area contributed by atoms with Crippen LogP contribution in [0.15, 0.2) is 0 Å². The molecule has 17 heavy (non-hydrogen) atoms. The zero-order chi connectivity index (χ0) is 12.8. The Morgan fingerprint density at radius 2 is 1.88 bits per heavy atom. The molecule has 100 valence electrons. The summed E-state index contributed by atoms with van der Waals surface area (Å²) in [5.41, 5.74) is 5.88. The summed E-state index contributed by atoms with van der Waals surface area (Å²) in [4.78, 5) is 14.2. The quantitative estimate of drug-likeness (QED) is 0.802. The first kappa shape index (κ1) is 14.5. The van der Waals surface area contributed by atoms with E-state index in [-0.39, 0.29) is 0 Å². The Bertz CT molecular complexity index is 232. The maximum atomic E-state index is 12.2. The molecule has 0 saturated heterocycles. The van der Waals surface area contributed by atoms with Crippen molar-refractivity contribution in [2.45, 2.75) is 58.9 Å². The summed E-state index contributed by atoms with van der Waals surface area (Å²) in [6.45, 7) is 8.12. The zero-order valence-electron chi connectivity index (χ0n) is 11.6. The predicted molar refractivity (Wildman–Crippen MR) is 71.6 cm³/mol. The average molecular weight is 240 g/mol. The highest BCUT2D eigenvalue weighted by atomic mass is 16.2. The number of nitrogens with zero attached hydrogens (tertiary/aromatic N) is 1. The van der Waals surface area contributed by atoms with E-state index >= 15 is 0 Å². The van der Waals surface area contributed by atoms with Crippen LogP contribution in [-0.2, 0) is 4.79 Å². The molecule has 1 aliphatic carbocycles. The van der Waals surface area contributed by atoms with E-state index in [4.69, 9.17) is 5.73 Å². The summed E-state index contributed by atoms with van der Waals surface area (Å²) in [7, 11) is 0. The van der Waals surface area contributed by atoms with Crippen LogP contribution in [0.25, 0.3) is 0 Å². The highest BCUT2D eigenvalue weighted by Gasteiger charge is 2.23. The Morgan fingerprint density at radius 1 is 1.29 bits per heavy atom. The summed E-state index contributed by atoms with van der Waals surface area (Å²) < 4.78 is 0. The van der Waals surface area contributed by atoms with Crippen molar-refractivity contribution in [3.05, 3.63) is 0 Å². The van der Waals surface area contributed by atoms with Crippen molar-refractivity contribution >= 4 is 5.91 Å². The van der Waals surface area contributed by atoms with Gasteiger partial charge in [0.1, 0.15) is 0 Å². The third-order valence-corrected chi connectivity index (χ3v) is 3.67. The third-order valence-electron chi connectivity index (χ3n) is 3.67. The summed E-state index contributed by atoms with van der Waals surface area (Å²) in [5.74, 6) is 1.46. The van der Waals surface area contributed by atoms with Crippen LogP contribution >= 0.6 is 0 Å². The lowest BCUT2D eigenvalue weighted by atomic mass is 9.84. The van der Waals surface area contributed by atoms with E-state index < -0.39 is 0 Å². The number of amides is 1. The fourth-order valence-electron chi connectivity index (χ4n) is 2.62. The van der Waals surface area contributed by atoms with Crippen molar-refractivity contribution in [1.82, 2.24) is 4.90 Å². The van der Waals surface area contributed by atoms with Gasteiger partial charge in [0.2, 0.25) is 5.91 Å². The molecule has 0 aromatic rings. The molecule has 0 radical (unpaired) electrons. The molecule has 1 rings (SSSR count). The van der Waals surface area contributed by atoms with Crippen molar-refractivity contribution in [2.75, 3.05) is 13.1 Å². The van der Waals surface area contributed by atoms with Crippen LogP contribution in [0.3, 0.4) is 0 Å². The molecule has 1 fully saturated rings. The lowest BCUT2D eigenvalue weighted by Crippen LogP contribution is -2.36. The normalized spacial score (nSPS) is 25.0. The molecule has 0 aliphatic heterocycles. The second-order valence-corrected chi connectivity index (χ2v) is 5.81. The molecular formula is C14H28N2O. The van der Waals surface area contributed by atoms with Crippen molar-refractivity contribution in [3.63, 3.8) is 0 Å². The van der Waals surface area contributed by atoms with Crippen molar-refractivity contribution in [1.29, 1.82) is 0 Å². The Morgan fingerprint density at radius 3 is 2.35 bits per heavy atom. The van der Waals surface area contributed by atoms with Crippen LogP contribution in [0, 0.1) is 11.8 Å². The number of carbonyl (C=O) groups is 1. The van der Waals surface area contributed by atoms with Crippen molar-refractivity contribution in [3.8, 4) is 0 Å². The fourth-order valence-corrected chi connectivity index (χ4v) is 2.62. The summed E-state index contributed by atoms with van der Waals surface area (Å²) in [6.07, 6.45) is 5.17. The molecule has 1 aliphatic rings. The minimum absolute atomic E-state index is 0.335. The van der Waals surface area contributed by atoms with Gasteiger partial charge in [0.15, 0.2) is 0 Å². The first-order valence-corrected chi connectivity index (χ1v) is 7.06. The largest absolute Gasteiger partial charge is 0.343 e. The van der Waals surface area contributed by atoms with Gasteiger partial charge in [0, 0.05) is 25.6 Å². The van der Waals surface area contributed by atoms with Gasteiger partial charge in [-0.2, -0.15) is 0 Å². The van der Waals surface area contributed by atoms with E-state index in [2.05, 4.69) is 20.8 Å². The zero-order valence-corrected chi connectivity index (χ0v) is 11.6. The predicted octanol–water partition coefficient (Wildman–Crippen LogP) is 2.40. The summed E-state index contributed by atoms with van der Waals surface area (Å²) in [5, 5.41) is 0. The lowest BCUT2D eigenvalue weighted by Gasteiger charge is -2.29. The van der Waals surface area contributed by atoms with Crippen LogP contribution in [0.1, 0.15) is 52.9 Å². The minimum atomic E-state index is 0.335. The smallest absolute Gasteiger partial charge is 0.222 e. The van der Waals surface area contributed by atoms with E-state index in [1.807, 2.05) is 4.90 Å². The maximum Gasteiger partial charge on any atom is 0.222 e. The number of hydrogen-bond acceptors (Lipinski definition) is 2. The van der Waals surface area contributed by atoms with E-state index in [9.17, 15) is 4.79 Å². The first-order valence-electron chi connectivity index (χ1n) is 7.06. The van der Waals surface area contributed by atoms with E-state index in [0.717, 1.165) is 45.2 Å². The number of carbonyl (C=O) groups excluding carboxylic acids is 1. The lowest BCUT2D eigenvalue weighted by molar-refractivity contribution is -0.132. The van der Waals surface area contributed by atoms with Gasteiger partial charge in [0.25, 0.3) is 0 Å². The molecule has 0 spiro atoms. The van der Waals surface area contributed by atoms with Crippen LogP contribution in [-0.4, -0.2) is 29.9 Å². The van der Waals surface area contributed by atoms with Gasteiger partial charge in [-0.3, -0.25) is 4.79 Å². The van der Waals surface area contributed by atoms with Crippen LogP contribution in [0.2, 0.25) is 0 Å². The van der Waals surface area contributed by atoms with Crippen LogP contribution in [0.5, 0.6) is 0 Å². The second-order valence-electron chi connectivity index (χ2n) is 5.81. The fraction of sp³-hybridized carbons (Fsp3) is 0.929. The minimum Gasteiger partial charge on any atom is -0.343 e. The molecule has 1 amide bonds. The molecular weight excluding hydrogens is 212 g/mol.